The van der Waals surface area contributed by atoms with E-state index in [2.05, 4.69) is 17.5 Å². The van der Waals surface area contributed by atoms with Crippen LogP contribution in [0.25, 0.3) is 0 Å². The standard InChI is InChI=1S/C18H24N2O4S/c1-14-6-7-16(19-18(21)12-15-4-2-3-5-15)13-17(14)25(22,23)20-8-10-24-11-9-20/h2,4,6-7,13,15H,3,5,8-12H2,1H3,(H,19,21)/t15-/m1/s1. The lowest BCUT2D eigenvalue weighted by Gasteiger charge is -2.26. The fourth-order valence-corrected chi connectivity index (χ4v) is 4.86. The Balaban J connectivity index is 1.75. The topological polar surface area (TPSA) is 75.7 Å². The first-order valence-electron chi connectivity index (χ1n) is 8.62. The molecule has 1 fully saturated rings. The summed E-state index contributed by atoms with van der Waals surface area (Å²) in [5, 5.41) is 2.83. The predicted octanol–water partition coefficient (Wildman–Crippen LogP) is 2.31. The number of hydrogen-bond acceptors (Lipinski definition) is 4. The third-order valence-corrected chi connectivity index (χ3v) is 6.66. The molecule has 6 nitrogen and oxygen atoms in total. The lowest BCUT2D eigenvalue weighted by atomic mass is 10.1. The molecule has 136 valence electrons. The number of sulfonamides is 1. The molecule has 2 aliphatic rings. The Labute approximate surface area is 148 Å². The Morgan fingerprint density at radius 2 is 2.08 bits per heavy atom. The second kappa shape index (κ2) is 7.68. The minimum atomic E-state index is -3.58. The lowest BCUT2D eigenvalue weighted by molar-refractivity contribution is -0.116. The van der Waals surface area contributed by atoms with E-state index >= 15 is 0 Å². The summed E-state index contributed by atoms with van der Waals surface area (Å²) in [6, 6.07) is 5.04. The van der Waals surface area contributed by atoms with Crippen LogP contribution in [-0.4, -0.2) is 44.9 Å². The molecule has 1 aliphatic carbocycles. The molecule has 25 heavy (non-hydrogen) atoms. The maximum Gasteiger partial charge on any atom is 0.243 e. The van der Waals surface area contributed by atoms with Crippen LogP contribution in [0.2, 0.25) is 0 Å². The fourth-order valence-electron chi connectivity index (χ4n) is 3.20. The van der Waals surface area contributed by atoms with E-state index < -0.39 is 10.0 Å². The number of amides is 1. The number of morpholine rings is 1. The van der Waals surface area contributed by atoms with Crippen molar-refractivity contribution in [1.29, 1.82) is 0 Å². The van der Waals surface area contributed by atoms with E-state index in [9.17, 15) is 13.2 Å². The van der Waals surface area contributed by atoms with Gasteiger partial charge in [-0.1, -0.05) is 18.2 Å². The van der Waals surface area contributed by atoms with Crippen molar-refractivity contribution in [2.45, 2.75) is 31.1 Å². The van der Waals surface area contributed by atoms with Crippen LogP contribution in [0, 0.1) is 12.8 Å². The number of ether oxygens (including phenoxy) is 1. The molecule has 1 atom stereocenters. The third-order valence-electron chi connectivity index (χ3n) is 4.62. The highest BCUT2D eigenvalue weighted by Crippen LogP contribution is 2.25. The van der Waals surface area contributed by atoms with Gasteiger partial charge in [-0.05, 0) is 43.4 Å². The summed E-state index contributed by atoms with van der Waals surface area (Å²) in [6.07, 6.45) is 6.61. The summed E-state index contributed by atoms with van der Waals surface area (Å²) in [5.41, 5.74) is 1.19. The molecule has 0 saturated carbocycles. The van der Waals surface area contributed by atoms with Crippen molar-refractivity contribution in [1.82, 2.24) is 4.31 Å². The Morgan fingerprint density at radius 3 is 2.76 bits per heavy atom. The highest BCUT2D eigenvalue weighted by atomic mass is 32.2. The number of carbonyl (C=O) groups excluding carboxylic acids is 1. The summed E-state index contributed by atoms with van der Waals surface area (Å²) < 4.78 is 32.4. The van der Waals surface area contributed by atoms with Crippen molar-refractivity contribution in [3.05, 3.63) is 35.9 Å². The molecular weight excluding hydrogens is 340 g/mol. The second-order valence-corrected chi connectivity index (χ2v) is 8.42. The zero-order valence-corrected chi connectivity index (χ0v) is 15.2. The van der Waals surface area contributed by atoms with Crippen LogP contribution in [0.3, 0.4) is 0 Å². The number of nitrogens with one attached hydrogen (secondary N) is 1. The molecule has 1 amide bonds. The number of aryl methyl sites for hydroxylation is 1. The maximum absolute atomic E-state index is 12.9. The first-order chi connectivity index (χ1) is 12.0. The van der Waals surface area contributed by atoms with Crippen LogP contribution >= 0.6 is 0 Å². The van der Waals surface area contributed by atoms with Gasteiger partial charge in [-0.15, -0.1) is 0 Å². The average Bonchev–Trinajstić information content (AvgIpc) is 3.10. The number of allylic oxidation sites excluding steroid dienone is 2. The Morgan fingerprint density at radius 1 is 1.32 bits per heavy atom. The van der Waals surface area contributed by atoms with E-state index in [1.165, 1.54) is 4.31 Å². The molecule has 0 spiro atoms. The van der Waals surface area contributed by atoms with E-state index in [1.54, 1.807) is 25.1 Å². The van der Waals surface area contributed by atoms with Gasteiger partial charge in [0.05, 0.1) is 18.1 Å². The van der Waals surface area contributed by atoms with E-state index in [0.29, 0.717) is 44.0 Å². The summed E-state index contributed by atoms with van der Waals surface area (Å²) in [6.45, 7) is 3.29. The lowest BCUT2D eigenvalue weighted by Crippen LogP contribution is -2.40. The zero-order valence-electron chi connectivity index (χ0n) is 14.4. The molecule has 3 rings (SSSR count). The van der Waals surface area contributed by atoms with Crippen molar-refractivity contribution >= 4 is 21.6 Å². The minimum Gasteiger partial charge on any atom is -0.379 e. The Hall–Kier alpha value is -1.70. The van der Waals surface area contributed by atoms with E-state index in [4.69, 9.17) is 4.74 Å². The number of anilines is 1. The monoisotopic (exact) mass is 364 g/mol. The first-order valence-corrected chi connectivity index (χ1v) is 10.1. The van der Waals surface area contributed by atoms with Crippen LogP contribution < -0.4 is 5.32 Å². The fraction of sp³-hybridized carbons (Fsp3) is 0.500. The van der Waals surface area contributed by atoms with Gasteiger partial charge in [0.2, 0.25) is 15.9 Å². The van der Waals surface area contributed by atoms with Crippen molar-refractivity contribution in [3.8, 4) is 0 Å². The quantitative estimate of drug-likeness (QED) is 0.814. The second-order valence-electron chi connectivity index (χ2n) is 6.51. The molecule has 1 heterocycles. The number of carbonyl (C=O) groups is 1. The molecule has 1 aromatic carbocycles. The molecule has 1 N–H and O–H groups in total. The predicted molar refractivity (Wildman–Crippen MR) is 95.9 cm³/mol. The Bertz CT molecular complexity index is 767. The SMILES string of the molecule is Cc1ccc(NC(=O)C[C@@H]2C=CCC2)cc1S(=O)(=O)N1CCOCC1. The summed E-state index contributed by atoms with van der Waals surface area (Å²) in [4.78, 5) is 12.4. The maximum atomic E-state index is 12.9. The van der Waals surface area contributed by atoms with E-state index in [0.717, 1.165) is 12.8 Å². The molecule has 0 aromatic heterocycles. The average molecular weight is 364 g/mol. The van der Waals surface area contributed by atoms with Gasteiger partial charge in [0.1, 0.15) is 0 Å². The summed E-state index contributed by atoms with van der Waals surface area (Å²) in [7, 11) is -3.58. The van der Waals surface area contributed by atoms with Gasteiger partial charge in [-0.25, -0.2) is 8.42 Å². The number of hydrogen-bond donors (Lipinski definition) is 1. The van der Waals surface area contributed by atoms with Crippen LogP contribution in [0.5, 0.6) is 0 Å². The molecule has 0 bridgehead atoms. The van der Waals surface area contributed by atoms with E-state index in [1.807, 2.05) is 0 Å². The molecule has 7 heteroatoms. The van der Waals surface area contributed by atoms with Crippen molar-refractivity contribution in [2.75, 3.05) is 31.6 Å². The normalized spacial score (nSPS) is 21.4. The van der Waals surface area contributed by atoms with Crippen LogP contribution in [-0.2, 0) is 19.6 Å². The molecule has 0 radical (unpaired) electrons. The van der Waals surface area contributed by atoms with Crippen molar-refractivity contribution < 1.29 is 17.9 Å². The number of rotatable bonds is 5. The van der Waals surface area contributed by atoms with Gasteiger partial charge in [0, 0.05) is 25.2 Å². The van der Waals surface area contributed by atoms with Gasteiger partial charge in [0.15, 0.2) is 0 Å². The van der Waals surface area contributed by atoms with Gasteiger partial charge in [0.25, 0.3) is 0 Å². The number of benzene rings is 1. The van der Waals surface area contributed by atoms with Crippen LogP contribution in [0.15, 0.2) is 35.2 Å². The minimum absolute atomic E-state index is 0.0878. The van der Waals surface area contributed by atoms with Crippen molar-refractivity contribution in [3.63, 3.8) is 0 Å². The highest BCUT2D eigenvalue weighted by molar-refractivity contribution is 7.89. The van der Waals surface area contributed by atoms with Gasteiger partial charge >= 0.3 is 0 Å². The number of nitrogens with zero attached hydrogens (tertiary/aromatic N) is 1. The molecule has 0 unspecified atom stereocenters. The van der Waals surface area contributed by atoms with Gasteiger partial charge in [-0.2, -0.15) is 4.31 Å². The molecule has 1 saturated heterocycles. The molecule has 1 aliphatic heterocycles. The highest BCUT2D eigenvalue weighted by Gasteiger charge is 2.28. The Kier molecular flexibility index (Phi) is 5.56. The van der Waals surface area contributed by atoms with Gasteiger partial charge < -0.3 is 10.1 Å². The van der Waals surface area contributed by atoms with Crippen molar-refractivity contribution in [2.24, 2.45) is 5.92 Å². The largest absolute Gasteiger partial charge is 0.379 e. The summed E-state index contributed by atoms with van der Waals surface area (Å²) >= 11 is 0. The third kappa shape index (κ3) is 4.29. The van der Waals surface area contributed by atoms with E-state index in [-0.39, 0.29) is 16.7 Å². The molecule has 1 aromatic rings. The molecular formula is C18H24N2O4S. The summed E-state index contributed by atoms with van der Waals surface area (Å²) in [5.74, 6) is 0.192. The smallest absolute Gasteiger partial charge is 0.243 e. The van der Waals surface area contributed by atoms with Gasteiger partial charge in [-0.3, -0.25) is 4.79 Å². The van der Waals surface area contributed by atoms with Crippen LogP contribution in [0.4, 0.5) is 5.69 Å². The van der Waals surface area contributed by atoms with Crippen LogP contribution in [0.1, 0.15) is 24.8 Å². The zero-order chi connectivity index (χ0) is 17.9. The first kappa shape index (κ1) is 18.1.